The molecule has 0 spiro atoms. The van der Waals surface area contributed by atoms with Gasteiger partial charge in [-0.15, -0.1) is 11.3 Å². The molecule has 0 aliphatic heterocycles. The number of benzene rings is 7. The van der Waals surface area contributed by atoms with Crippen LogP contribution in [-0.2, 0) is 0 Å². The second-order valence-corrected chi connectivity index (χ2v) is 15.1. The maximum atomic E-state index is 6.70. The lowest BCUT2D eigenvalue weighted by atomic mass is 9.93. The number of furan rings is 1. The fraction of sp³-hybridized carbons (Fsp3) is 0. The van der Waals surface area contributed by atoms with Crippen LogP contribution in [0.15, 0.2) is 193 Å². The normalized spacial score (nSPS) is 11.6. The van der Waals surface area contributed by atoms with Crippen molar-refractivity contribution in [3.05, 3.63) is 188 Å². The summed E-state index contributed by atoms with van der Waals surface area (Å²) >= 11 is 1.84. The molecule has 0 saturated carbocycles. The van der Waals surface area contributed by atoms with Gasteiger partial charge in [-0.1, -0.05) is 127 Å². The number of pyridine rings is 1. The monoisotopic (exact) mass is 733 g/mol. The molecule has 0 aliphatic carbocycles. The Balaban J connectivity index is 1.00. The third kappa shape index (κ3) is 5.56. The third-order valence-corrected chi connectivity index (χ3v) is 11.8. The number of para-hydroxylation sites is 1. The summed E-state index contributed by atoms with van der Waals surface area (Å²) in [5.74, 6) is 0.689. The van der Waals surface area contributed by atoms with Gasteiger partial charge in [0.1, 0.15) is 11.2 Å². The summed E-state index contributed by atoms with van der Waals surface area (Å²) in [7, 11) is 0. The van der Waals surface area contributed by atoms with Crippen LogP contribution >= 0.6 is 11.3 Å². The lowest BCUT2D eigenvalue weighted by Gasteiger charge is -2.11. The molecule has 56 heavy (non-hydrogen) atoms. The summed E-state index contributed by atoms with van der Waals surface area (Å²) in [5, 5.41) is 4.82. The Hall–Kier alpha value is -7.21. The van der Waals surface area contributed by atoms with Crippen LogP contribution in [0.4, 0.5) is 0 Å². The average molecular weight is 734 g/mol. The molecule has 7 aromatic carbocycles. The van der Waals surface area contributed by atoms with Crippen LogP contribution in [0.3, 0.4) is 0 Å². The topological polar surface area (TPSA) is 51.8 Å². The highest BCUT2D eigenvalue weighted by Crippen LogP contribution is 2.44. The van der Waals surface area contributed by atoms with E-state index in [9.17, 15) is 0 Å². The first-order valence-electron chi connectivity index (χ1n) is 18.7. The molecule has 0 unspecified atom stereocenters. The van der Waals surface area contributed by atoms with Crippen LogP contribution in [0.2, 0.25) is 0 Å². The first kappa shape index (κ1) is 32.2. The molecule has 0 radical (unpaired) electrons. The number of hydrogen-bond donors (Lipinski definition) is 0. The molecule has 0 atom stereocenters. The molecule has 4 aromatic heterocycles. The first-order valence-corrected chi connectivity index (χ1v) is 19.5. The van der Waals surface area contributed by atoms with Gasteiger partial charge in [0.2, 0.25) is 0 Å². The SMILES string of the molecule is c1ccc(-c2nc(-c3ccc(-c4ccncc4)cc3)cc(-c3ccc(-c4ccc(-c5ccc6sc7ccccc7c6c5)c5c4oc4ccccc45)cc3)n2)cc1. The summed E-state index contributed by atoms with van der Waals surface area (Å²) in [5.41, 5.74) is 13.2. The first-order chi connectivity index (χ1) is 27.7. The number of aromatic nitrogens is 3. The molecular formula is C51H31N3OS. The standard InChI is InChI=1S/C51H31N3OS/c1-2-8-37(9-3-1)51-53-44(35-18-14-32(15-19-35)33-26-28-52-29-27-33)31-45(54-51)36-20-16-34(17-21-36)40-24-23-39(49-42-11-4-6-12-46(42)55-50(40)49)38-22-25-48-43(30-38)41-10-5-7-13-47(41)56-48/h1-31H. The van der Waals surface area contributed by atoms with E-state index in [0.29, 0.717) is 5.82 Å². The van der Waals surface area contributed by atoms with Gasteiger partial charge in [-0.25, -0.2) is 9.97 Å². The molecule has 0 amide bonds. The predicted octanol–water partition coefficient (Wildman–Crippen LogP) is 14.1. The van der Waals surface area contributed by atoms with E-state index < -0.39 is 0 Å². The number of fused-ring (bicyclic) bond motifs is 6. The van der Waals surface area contributed by atoms with Gasteiger partial charge in [-0.05, 0) is 76.3 Å². The zero-order chi connectivity index (χ0) is 37.0. The van der Waals surface area contributed by atoms with Gasteiger partial charge in [-0.3, -0.25) is 4.98 Å². The lowest BCUT2D eigenvalue weighted by molar-refractivity contribution is 0.670. The minimum Gasteiger partial charge on any atom is -0.455 e. The quantitative estimate of drug-likeness (QED) is 0.171. The minimum atomic E-state index is 0.689. The molecule has 0 N–H and O–H groups in total. The molecule has 11 rings (SSSR count). The highest BCUT2D eigenvalue weighted by Gasteiger charge is 2.19. The van der Waals surface area contributed by atoms with Crippen LogP contribution in [0.25, 0.3) is 109 Å². The predicted molar refractivity (Wildman–Crippen MR) is 233 cm³/mol. The highest BCUT2D eigenvalue weighted by atomic mass is 32.1. The van der Waals surface area contributed by atoms with Crippen molar-refractivity contribution in [2.24, 2.45) is 0 Å². The van der Waals surface area contributed by atoms with Gasteiger partial charge >= 0.3 is 0 Å². The van der Waals surface area contributed by atoms with E-state index in [4.69, 9.17) is 14.4 Å². The van der Waals surface area contributed by atoms with Crippen LogP contribution in [-0.4, -0.2) is 15.0 Å². The number of nitrogens with zero attached hydrogens (tertiary/aromatic N) is 3. The summed E-state index contributed by atoms with van der Waals surface area (Å²) in [6, 6.07) is 61.8. The molecular weight excluding hydrogens is 703 g/mol. The Morgan fingerprint density at radius 2 is 0.982 bits per heavy atom. The summed E-state index contributed by atoms with van der Waals surface area (Å²) in [4.78, 5) is 14.3. The largest absolute Gasteiger partial charge is 0.455 e. The van der Waals surface area contributed by atoms with Gasteiger partial charge in [0.25, 0.3) is 0 Å². The summed E-state index contributed by atoms with van der Waals surface area (Å²) < 4.78 is 9.31. The lowest BCUT2D eigenvalue weighted by Crippen LogP contribution is -1.96. The zero-order valence-corrected chi connectivity index (χ0v) is 30.9. The van der Waals surface area contributed by atoms with Crippen molar-refractivity contribution in [2.75, 3.05) is 0 Å². The fourth-order valence-corrected chi connectivity index (χ4v) is 8.93. The van der Waals surface area contributed by atoms with Crippen molar-refractivity contribution in [1.82, 2.24) is 15.0 Å². The molecule has 0 bridgehead atoms. The van der Waals surface area contributed by atoms with Crippen molar-refractivity contribution >= 4 is 53.4 Å². The summed E-state index contributed by atoms with van der Waals surface area (Å²) in [6.07, 6.45) is 3.64. The van der Waals surface area contributed by atoms with Crippen LogP contribution in [0.5, 0.6) is 0 Å². The number of hydrogen-bond acceptors (Lipinski definition) is 5. The van der Waals surface area contributed by atoms with E-state index in [2.05, 4.69) is 145 Å². The molecule has 4 heterocycles. The Bertz CT molecular complexity index is 3220. The molecule has 4 nitrogen and oxygen atoms in total. The van der Waals surface area contributed by atoms with Gasteiger partial charge in [0.05, 0.1) is 11.4 Å². The Labute approximate surface area is 327 Å². The molecule has 11 aromatic rings. The summed E-state index contributed by atoms with van der Waals surface area (Å²) in [6.45, 7) is 0. The third-order valence-electron chi connectivity index (χ3n) is 10.7. The van der Waals surface area contributed by atoms with Crippen molar-refractivity contribution < 1.29 is 4.42 Å². The minimum absolute atomic E-state index is 0.689. The van der Waals surface area contributed by atoms with Crippen LogP contribution < -0.4 is 0 Å². The van der Waals surface area contributed by atoms with Crippen molar-refractivity contribution in [2.45, 2.75) is 0 Å². The van der Waals surface area contributed by atoms with Gasteiger partial charge < -0.3 is 4.42 Å². The molecule has 262 valence electrons. The van der Waals surface area contributed by atoms with E-state index in [1.54, 1.807) is 0 Å². The second kappa shape index (κ2) is 13.3. The van der Waals surface area contributed by atoms with Gasteiger partial charge in [0.15, 0.2) is 5.82 Å². The van der Waals surface area contributed by atoms with Crippen molar-refractivity contribution in [3.63, 3.8) is 0 Å². The number of thiophene rings is 1. The highest BCUT2D eigenvalue weighted by molar-refractivity contribution is 7.25. The van der Waals surface area contributed by atoms with E-state index in [1.807, 2.05) is 60.1 Å². The van der Waals surface area contributed by atoms with E-state index >= 15 is 0 Å². The maximum absolute atomic E-state index is 6.70. The Morgan fingerprint density at radius 1 is 0.393 bits per heavy atom. The van der Waals surface area contributed by atoms with Crippen LogP contribution in [0, 0.1) is 0 Å². The molecule has 0 fully saturated rings. The zero-order valence-electron chi connectivity index (χ0n) is 30.1. The van der Waals surface area contributed by atoms with E-state index in [1.165, 1.54) is 31.3 Å². The second-order valence-electron chi connectivity index (χ2n) is 14.0. The van der Waals surface area contributed by atoms with E-state index in [0.717, 1.165) is 72.3 Å². The molecule has 5 heteroatoms. The van der Waals surface area contributed by atoms with Crippen LogP contribution in [0.1, 0.15) is 0 Å². The van der Waals surface area contributed by atoms with Gasteiger partial charge in [-0.2, -0.15) is 0 Å². The maximum Gasteiger partial charge on any atom is 0.160 e. The Kier molecular flexibility index (Phi) is 7.64. The molecule has 0 saturated heterocycles. The number of rotatable bonds is 6. The Morgan fingerprint density at radius 3 is 1.75 bits per heavy atom. The fourth-order valence-electron chi connectivity index (χ4n) is 7.85. The molecule has 0 aliphatic rings. The van der Waals surface area contributed by atoms with Crippen molar-refractivity contribution in [3.8, 4) is 67.3 Å². The smallest absolute Gasteiger partial charge is 0.160 e. The average Bonchev–Trinajstić information content (AvgIpc) is 3.85. The van der Waals surface area contributed by atoms with E-state index in [-0.39, 0.29) is 0 Å². The van der Waals surface area contributed by atoms with Gasteiger partial charge in [0, 0.05) is 65.6 Å². The van der Waals surface area contributed by atoms with Crippen molar-refractivity contribution in [1.29, 1.82) is 0 Å².